The van der Waals surface area contributed by atoms with Crippen molar-refractivity contribution in [3.63, 3.8) is 0 Å². The lowest BCUT2D eigenvalue weighted by Crippen LogP contribution is -2.43. The van der Waals surface area contributed by atoms with Gasteiger partial charge in [0, 0.05) is 24.6 Å². The molecule has 0 bridgehead atoms. The molecule has 0 aromatic heterocycles. The first-order valence-electron chi connectivity index (χ1n) is 11.6. The van der Waals surface area contributed by atoms with Crippen LogP contribution in [0.1, 0.15) is 37.3 Å². The number of carbonyl (C=O) groups is 3. The van der Waals surface area contributed by atoms with Gasteiger partial charge in [0.15, 0.2) is 0 Å². The Morgan fingerprint density at radius 1 is 1.09 bits per heavy atom. The number of hydrogen-bond acceptors (Lipinski definition) is 5. The number of fused-ring (bicyclic) bond motifs is 3. The van der Waals surface area contributed by atoms with Gasteiger partial charge in [0.05, 0.1) is 5.88 Å². The van der Waals surface area contributed by atoms with E-state index in [1.807, 2.05) is 38.1 Å². The van der Waals surface area contributed by atoms with Gasteiger partial charge in [-0.2, -0.15) is 0 Å². The van der Waals surface area contributed by atoms with E-state index < -0.39 is 18.1 Å². The molecular weight excluding hydrogens is 452 g/mol. The Morgan fingerprint density at radius 2 is 1.71 bits per heavy atom. The van der Waals surface area contributed by atoms with Crippen LogP contribution in [-0.4, -0.2) is 58.8 Å². The summed E-state index contributed by atoms with van der Waals surface area (Å²) in [6.07, 6.45) is -0.328. The topological polar surface area (TPSA) is 95.9 Å². The van der Waals surface area contributed by atoms with E-state index in [0.29, 0.717) is 18.2 Å². The third-order valence-corrected chi connectivity index (χ3v) is 7.73. The number of amides is 2. The minimum atomic E-state index is -0.976. The smallest absolute Gasteiger partial charge is 0.407 e. The standard InChI is InChI=1S/C26H30N2O5S/c1-16(2)17(11-24(29)28-15-34-14-23(28)25(30)31)12-27-26(32)33-13-22-20-9-5-3-7-18(20)19-8-4-6-10-21(19)22/h3-10,16-17,22-23H,11-15H2,1-2H3,(H,27,32)(H,30,31)/t17?,23-/m0/s1. The summed E-state index contributed by atoms with van der Waals surface area (Å²) in [4.78, 5) is 38.1. The van der Waals surface area contributed by atoms with E-state index in [2.05, 4.69) is 29.6 Å². The molecule has 8 heteroatoms. The molecule has 2 N–H and O–H groups in total. The van der Waals surface area contributed by atoms with E-state index in [0.717, 1.165) is 11.1 Å². The maximum atomic E-state index is 12.8. The van der Waals surface area contributed by atoms with Crippen molar-refractivity contribution in [2.24, 2.45) is 11.8 Å². The first-order valence-corrected chi connectivity index (χ1v) is 12.7. The number of carbonyl (C=O) groups excluding carboxylic acids is 2. The number of nitrogens with zero attached hydrogens (tertiary/aromatic N) is 1. The SMILES string of the molecule is CC(C)C(CNC(=O)OCC1c2ccccc2-c2ccccc21)CC(=O)N1CSC[C@H]1C(=O)O. The molecule has 34 heavy (non-hydrogen) atoms. The van der Waals surface area contributed by atoms with Crippen molar-refractivity contribution in [1.29, 1.82) is 0 Å². The quantitative estimate of drug-likeness (QED) is 0.586. The number of hydrogen-bond donors (Lipinski definition) is 2. The van der Waals surface area contributed by atoms with Crippen LogP contribution >= 0.6 is 11.8 Å². The predicted molar refractivity (Wildman–Crippen MR) is 132 cm³/mol. The fraction of sp³-hybridized carbons (Fsp3) is 0.423. The van der Waals surface area contributed by atoms with Crippen LogP contribution < -0.4 is 5.32 Å². The van der Waals surface area contributed by atoms with Crippen molar-refractivity contribution in [2.45, 2.75) is 32.2 Å². The molecule has 0 radical (unpaired) electrons. The van der Waals surface area contributed by atoms with Crippen LogP contribution in [0.4, 0.5) is 4.79 Å². The number of carboxylic acid groups (broad SMARTS) is 1. The summed E-state index contributed by atoms with van der Waals surface area (Å²) in [5, 5.41) is 12.2. The van der Waals surface area contributed by atoms with Crippen molar-refractivity contribution in [2.75, 3.05) is 24.8 Å². The number of rotatable bonds is 8. The molecule has 0 spiro atoms. The third kappa shape index (κ3) is 5.06. The van der Waals surface area contributed by atoms with Gasteiger partial charge in [-0.3, -0.25) is 4.79 Å². The van der Waals surface area contributed by atoms with E-state index in [9.17, 15) is 19.5 Å². The van der Waals surface area contributed by atoms with Crippen LogP contribution in [0.2, 0.25) is 0 Å². The molecule has 1 unspecified atom stereocenters. The van der Waals surface area contributed by atoms with Gasteiger partial charge in [-0.05, 0) is 34.1 Å². The third-order valence-electron chi connectivity index (χ3n) is 6.72. The second kappa shape index (κ2) is 10.5. The molecule has 4 rings (SSSR count). The van der Waals surface area contributed by atoms with Crippen molar-refractivity contribution >= 4 is 29.7 Å². The van der Waals surface area contributed by atoms with Gasteiger partial charge in [0.25, 0.3) is 0 Å². The Balaban J connectivity index is 1.32. The van der Waals surface area contributed by atoms with Crippen molar-refractivity contribution < 1.29 is 24.2 Å². The summed E-state index contributed by atoms with van der Waals surface area (Å²) < 4.78 is 5.60. The van der Waals surface area contributed by atoms with Crippen LogP contribution in [-0.2, 0) is 14.3 Å². The molecule has 1 fully saturated rings. The maximum absolute atomic E-state index is 12.8. The molecule has 1 aliphatic carbocycles. The lowest BCUT2D eigenvalue weighted by atomic mass is 9.91. The maximum Gasteiger partial charge on any atom is 0.407 e. The van der Waals surface area contributed by atoms with Gasteiger partial charge in [0.1, 0.15) is 12.6 Å². The van der Waals surface area contributed by atoms with E-state index in [-0.39, 0.29) is 36.7 Å². The average Bonchev–Trinajstić information content (AvgIpc) is 3.44. The number of aliphatic carboxylic acids is 1. The summed E-state index contributed by atoms with van der Waals surface area (Å²) >= 11 is 1.44. The molecule has 1 saturated heterocycles. The molecule has 2 aromatic carbocycles. The largest absolute Gasteiger partial charge is 0.480 e. The molecule has 7 nitrogen and oxygen atoms in total. The van der Waals surface area contributed by atoms with Crippen LogP contribution in [0.15, 0.2) is 48.5 Å². The lowest BCUT2D eigenvalue weighted by molar-refractivity contribution is -0.148. The highest BCUT2D eigenvalue weighted by Crippen LogP contribution is 2.44. The number of ether oxygens (including phenoxy) is 1. The van der Waals surface area contributed by atoms with Gasteiger partial charge >= 0.3 is 12.1 Å². The van der Waals surface area contributed by atoms with E-state index in [4.69, 9.17) is 4.74 Å². The molecular formula is C26H30N2O5S. The fourth-order valence-electron chi connectivity index (χ4n) is 4.64. The van der Waals surface area contributed by atoms with E-state index in [1.165, 1.54) is 27.8 Å². The molecule has 1 heterocycles. The lowest BCUT2D eigenvalue weighted by Gasteiger charge is -2.26. The van der Waals surface area contributed by atoms with E-state index in [1.54, 1.807) is 0 Å². The zero-order valence-corrected chi connectivity index (χ0v) is 20.2. The van der Waals surface area contributed by atoms with Crippen LogP contribution in [0.3, 0.4) is 0 Å². The Morgan fingerprint density at radius 3 is 2.29 bits per heavy atom. The number of benzene rings is 2. The van der Waals surface area contributed by atoms with E-state index >= 15 is 0 Å². The summed E-state index contributed by atoms with van der Waals surface area (Å²) in [5.74, 6) is -0.362. The van der Waals surface area contributed by atoms with Crippen LogP contribution in [0, 0.1) is 11.8 Å². The highest BCUT2D eigenvalue weighted by atomic mass is 32.2. The Hall–Kier alpha value is -3.00. The van der Waals surface area contributed by atoms with Crippen molar-refractivity contribution in [1.82, 2.24) is 10.2 Å². The Labute approximate surface area is 203 Å². The monoisotopic (exact) mass is 482 g/mol. The normalized spacial score (nSPS) is 17.9. The molecule has 2 aromatic rings. The number of thioether (sulfide) groups is 1. The fourth-order valence-corrected chi connectivity index (χ4v) is 5.81. The second-order valence-corrected chi connectivity index (χ2v) is 10.1. The van der Waals surface area contributed by atoms with Gasteiger partial charge in [-0.1, -0.05) is 62.4 Å². The summed E-state index contributed by atoms with van der Waals surface area (Å²) in [5.41, 5.74) is 4.65. The van der Waals surface area contributed by atoms with Gasteiger partial charge < -0.3 is 20.1 Å². The van der Waals surface area contributed by atoms with Gasteiger partial charge in [-0.15, -0.1) is 11.8 Å². The minimum absolute atomic E-state index is 0.0127. The summed E-state index contributed by atoms with van der Waals surface area (Å²) in [7, 11) is 0. The number of carboxylic acids is 1. The highest BCUT2D eigenvalue weighted by Gasteiger charge is 2.35. The molecule has 0 saturated carbocycles. The molecule has 2 amide bonds. The first kappa shape index (κ1) is 24.1. The molecule has 180 valence electrons. The first-order chi connectivity index (χ1) is 16.4. The highest BCUT2D eigenvalue weighted by molar-refractivity contribution is 7.99. The van der Waals surface area contributed by atoms with Crippen molar-refractivity contribution in [3.05, 3.63) is 59.7 Å². The predicted octanol–water partition coefficient (Wildman–Crippen LogP) is 4.17. The zero-order valence-electron chi connectivity index (χ0n) is 19.4. The zero-order chi connectivity index (χ0) is 24.2. The number of alkyl carbamates (subject to hydrolysis) is 1. The van der Waals surface area contributed by atoms with Gasteiger partial charge in [0.2, 0.25) is 5.91 Å². The minimum Gasteiger partial charge on any atom is -0.480 e. The summed E-state index contributed by atoms with van der Waals surface area (Å²) in [6.45, 7) is 4.50. The second-order valence-electron chi connectivity index (χ2n) is 9.13. The Bertz CT molecular complexity index is 1030. The molecule has 2 atom stereocenters. The van der Waals surface area contributed by atoms with Crippen molar-refractivity contribution in [3.8, 4) is 11.1 Å². The number of nitrogens with one attached hydrogen (secondary N) is 1. The van der Waals surface area contributed by atoms with Gasteiger partial charge in [-0.25, -0.2) is 9.59 Å². The average molecular weight is 483 g/mol. The molecule has 2 aliphatic rings. The van der Waals surface area contributed by atoms with Crippen LogP contribution in [0.25, 0.3) is 11.1 Å². The summed E-state index contributed by atoms with van der Waals surface area (Å²) in [6, 6.07) is 15.6. The molecule has 1 aliphatic heterocycles. The Kier molecular flexibility index (Phi) is 7.46. The van der Waals surface area contributed by atoms with Crippen LogP contribution in [0.5, 0.6) is 0 Å².